The van der Waals surface area contributed by atoms with Gasteiger partial charge in [0.05, 0.1) is 15.1 Å². The van der Waals surface area contributed by atoms with E-state index in [0.29, 0.717) is 4.80 Å². The van der Waals surface area contributed by atoms with Gasteiger partial charge in [-0.05, 0) is 73.5 Å². The SMILES string of the molecule is Cc1ccc2sc(=NC(=O)c3cccc(NS(=O)(=O)c4ccc(F)cc4)c3)n(C)c2c1C. The number of halogens is 1. The zero-order chi connectivity index (χ0) is 23.0. The van der Waals surface area contributed by atoms with Gasteiger partial charge in [-0.2, -0.15) is 4.99 Å². The lowest BCUT2D eigenvalue weighted by atomic mass is 10.1. The first-order valence-corrected chi connectivity index (χ1v) is 12.0. The Balaban J connectivity index is 1.66. The molecule has 3 aromatic carbocycles. The van der Waals surface area contributed by atoms with E-state index in [0.717, 1.165) is 33.5 Å². The molecule has 4 aromatic rings. The third kappa shape index (κ3) is 4.21. The van der Waals surface area contributed by atoms with Crippen LogP contribution in [0.1, 0.15) is 21.5 Å². The highest BCUT2D eigenvalue weighted by molar-refractivity contribution is 7.92. The normalized spacial score (nSPS) is 12.3. The minimum absolute atomic E-state index is 0.0803. The smallest absolute Gasteiger partial charge is 0.279 e. The Morgan fingerprint density at radius 2 is 1.78 bits per heavy atom. The van der Waals surface area contributed by atoms with E-state index in [-0.39, 0.29) is 16.1 Å². The molecule has 1 amide bonds. The van der Waals surface area contributed by atoms with Gasteiger partial charge in [0.15, 0.2) is 4.80 Å². The Morgan fingerprint density at radius 1 is 1.06 bits per heavy atom. The Kier molecular flexibility index (Phi) is 5.70. The van der Waals surface area contributed by atoms with Crippen LogP contribution in [0, 0.1) is 19.7 Å². The van der Waals surface area contributed by atoms with Crippen LogP contribution >= 0.6 is 11.3 Å². The van der Waals surface area contributed by atoms with Gasteiger partial charge in [-0.15, -0.1) is 0 Å². The van der Waals surface area contributed by atoms with Gasteiger partial charge in [0.1, 0.15) is 5.82 Å². The van der Waals surface area contributed by atoms with Gasteiger partial charge in [-0.3, -0.25) is 9.52 Å². The Bertz CT molecular complexity index is 1520. The number of rotatable bonds is 4. The molecule has 0 aliphatic carbocycles. The summed E-state index contributed by atoms with van der Waals surface area (Å²) < 4.78 is 43.5. The van der Waals surface area contributed by atoms with Gasteiger partial charge in [-0.25, -0.2) is 12.8 Å². The van der Waals surface area contributed by atoms with Crippen LogP contribution in [0.3, 0.4) is 0 Å². The molecule has 1 N–H and O–H groups in total. The van der Waals surface area contributed by atoms with Crippen molar-refractivity contribution in [2.45, 2.75) is 18.7 Å². The summed E-state index contributed by atoms with van der Waals surface area (Å²) in [6.45, 7) is 4.07. The van der Waals surface area contributed by atoms with Crippen molar-refractivity contribution >= 4 is 43.2 Å². The molecule has 0 saturated carbocycles. The number of carbonyl (C=O) groups excluding carboxylic acids is 1. The molecule has 4 rings (SSSR count). The molecular formula is C23H20FN3O3S2. The minimum atomic E-state index is -3.92. The molecule has 0 aliphatic rings. The van der Waals surface area contributed by atoms with Crippen LogP contribution in [0.2, 0.25) is 0 Å². The third-order valence-electron chi connectivity index (χ3n) is 5.17. The Hall–Kier alpha value is -3.30. The zero-order valence-electron chi connectivity index (χ0n) is 17.6. The average molecular weight is 470 g/mol. The van der Waals surface area contributed by atoms with E-state index >= 15 is 0 Å². The second-order valence-corrected chi connectivity index (χ2v) is 10.0. The Labute approximate surface area is 188 Å². The fourth-order valence-corrected chi connectivity index (χ4v) is 5.46. The number of benzene rings is 3. The first-order valence-electron chi connectivity index (χ1n) is 9.69. The first kappa shape index (κ1) is 21.9. The first-order chi connectivity index (χ1) is 15.2. The molecule has 0 saturated heterocycles. The largest absolute Gasteiger partial charge is 0.319 e. The van der Waals surface area contributed by atoms with Crippen LogP contribution in [-0.4, -0.2) is 18.9 Å². The van der Waals surface area contributed by atoms with Crippen molar-refractivity contribution in [3.05, 3.63) is 88.0 Å². The lowest BCUT2D eigenvalue weighted by Crippen LogP contribution is -2.15. The summed E-state index contributed by atoms with van der Waals surface area (Å²) in [5, 5.41) is 0. The summed E-state index contributed by atoms with van der Waals surface area (Å²) in [5.74, 6) is -1.01. The van der Waals surface area contributed by atoms with E-state index in [1.807, 2.05) is 37.6 Å². The molecule has 0 unspecified atom stereocenters. The van der Waals surface area contributed by atoms with E-state index in [1.165, 1.54) is 35.6 Å². The number of anilines is 1. The topological polar surface area (TPSA) is 80.5 Å². The molecule has 0 fully saturated rings. The number of aryl methyl sites for hydroxylation is 3. The second-order valence-electron chi connectivity index (χ2n) is 7.36. The number of fused-ring (bicyclic) bond motifs is 1. The van der Waals surface area contributed by atoms with Crippen molar-refractivity contribution in [3.8, 4) is 0 Å². The van der Waals surface area contributed by atoms with Crippen molar-refractivity contribution in [1.29, 1.82) is 0 Å². The van der Waals surface area contributed by atoms with E-state index in [4.69, 9.17) is 0 Å². The van der Waals surface area contributed by atoms with Crippen molar-refractivity contribution in [2.24, 2.45) is 12.0 Å². The molecule has 9 heteroatoms. The summed E-state index contributed by atoms with van der Waals surface area (Å²) in [6, 6.07) is 14.6. The Morgan fingerprint density at radius 3 is 2.50 bits per heavy atom. The number of nitrogens with zero attached hydrogens (tertiary/aromatic N) is 2. The number of hydrogen-bond donors (Lipinski definition) is 1. The van der Waals surface area contributed by atoms with Crippen LogP contribution < -0.4 is 9.52 Å². The van der Waals surface area contributed by atoms with Crippen molar-refractivity contribution < 1.29 is 17.6 Å². The third-order valence-corrected chi connectivity index (χ3v) is 7.67. The van der Waals surface area contributed by atoms with Crippen molar-refractivity contribution in [1.82, 2.24) is 4.57 Å². The van der Waals surface area contributed by atoms with Gasteiger partial charge in [-0.1, -0.05) is 23.5 Å². The maximum absolute atomic E-state index is 13.1. The van der Waals surface area contributed by atoms with Crippen LogP contribution in [0.15, 0.2) is 70.6 Å². The molecule has 32 heavy (non-hydrogen) atoms. The standard InChI is InChI=1S/C23H20FN3O3S2/c1-14-7-12-20-21(15(14)2)27(3)23(31-20)25-22(28)16-5-4-6-18(13-16)26-32(29,30)19-10-8-17(24)9-11-19/h4-13,26H,1-3H3. The van der Waals surface area contributed by atoms with Crippen LogP contribution in [0.4, 0.5) is 10.1 Å². The van der Waals surface area contributed by atoms with Gasteiger partial charge in [0, 0.05) is 18.3 Å². The highest BCUT2D eigenvalue weighted by Gasteiger charge is 2.16. The van der Waals surface area contributed by atoms with Gasteiger partial charge < -0.3 is 4.57 Å². The number of amides is 1. The van der Waals surface area contributed by atoms with Crippen LogP contribution in [0.5, 0.6) is 0 Å². The fourth-order valence-electron chi connectivity index (χ4n) is 3.33. The number of sulfonamides is 1. The zero-order valence-corrected chi connectivity index (χ0v) is 19.2. The maximum Gasteiger partial charge on any atom is 0.279 e. The van der Waals surface area contributed by atoms with E-state index in [9.17, 15) is 17.6 Å². The molecule has 6 nitrogen and oxygen atoms in total. The number of aromatic nitrogens is 1. The number of thiazole rings is 1. The molecule has 0 atom stereocenters. The quantitative estimate of drug-likeness (QED) is 0.477. The number of hydrogen-bond acceptors (Lipinski definition) is 4. The summed E-state index contributed by atoms with van der Waals surface area (Å²) in [4.78, 5) is 17.6. The lowest BCUT2D eigenvalue weighted by molar-refractivity contribution is 0.0998. The molecule has 164 valence electrons. The highest BCUT2D eigenvalue weighted by atomic mass is 32.2. The summed E-state index contributed by atoms with van der Waals surface area (Å²) in [5.41, 5.74) is 3.77. The maximum atomic E-state index is 13.1. The van der Waals surface area contributed by atoms with E-state index in [1.54, 1.807) is 12.1 Å². The predicted molar refractivity (Wildman–Crippen MR) is 124 cm³/mol. The van der Waals surface area contributed by atoms with Crippen molar-refractivity contribution in [2.75, 3.05) is 4.72 Å². The second kappa shape index (κ2) is 8.33. The average Bonchev–Trinajstić information content (AvgIpc) is 3.07. The molecule has 0 aliphatic heterocycles. The van der Waals surface area contributed by atoms with Crippen molar-refractivity contribution in [3.63, 3.8) is 0 Å². The van der Waals surface area contributed by atoms with Crippen LogP contribution in [-0.2, 0) is 17.1 Å². The molecule has 1 heterocycles. The molecule has 0 bridgehead atoms. The molecule has 1 aromatic heterocycles. The molecule has 0 spiro atoms. The van der Waals surface area contributed by atoms with E-state index in [2.05, 4.69) is 9.71 Å². The minimum Gasteiger partial charge on any atom is -0.319 e. The number of carbonyl (C=O) groups is 1. The van der Waals surface area contributed by atoms with Gasteiger partial charge >= 0.3 is 0 Å². The monoisotopic (exact) mass is 469 g/mol. The summed E-state index contributed by atoms with van der Waals surface area (Å²) >= 11 is 1.42. The molecule has 0 radical (unpaired) electrons. The van der Waals surface area contributed by atoms with E-state index < -0.39 is 21.7 Å². The number of nitrogens with one attached hydrogen (secondary N) is 1. The van der Waals surface area contributed by atoms with Gasteiger partial charge in [0.25, 0.3) is 15.9 Å². The highest BCUT2D eigenvalue weighted by Crippen LogP contribution is 2.23. The fraction of sp³-hybridized carbons (Fsp3) is 0.130. The predicted octanol–water partition coefficient (Wildman–Crippen LogP) is 4.54. The summed E-state index contributed by atoms with van der Waals surface area (Å²) in [6.07, 6.45) is 0. The molecular weight excluding hydrogens is 449 g/mol. The summed E-state index contributed by atoms with van der Waals surface area (Å²) in [7, 11) is -2.06. The van der Waals surface area contributed by atoms with Gasteiger partial charge in [0.2, 0.25) is 0 Å². The van der Waals surface area contributed by atoms with Crippen LogP contribution in [0.25, 0.3) is 10.2 Å². The lowest BCUT2D eigenvalue weighted by Gasteiger charge is -2.08.